The van der Waals surface area contributed by atoms with Gasteiger partial charge in [0.25, 0.3) is 5.91 Å². The number of rotatable bonds is 12. The van der Waals surface area contributed by atoms with Crippen molar-refractivity contribution in [2.75, 3.05) is 6.54 Å². The van der Waals surface area contributed by atoms with Gasteiger partial charge in [-0.3, -0.25) is 19.7 Å². The first-order valence-corrected chi connectivity index (χ1v) is 12.1. The molecule has 6 nitrogen and oxygen atoms in total. The largest absolute Gasteiger partial charge is 0.389 e. The second-order valence-electron chi connectivity index (χ2n) is 8.74. The van der Waals surface area contributed by atoms with Crippen LogP contribution in [0.15, 0.2) is 72.8 Å². The molecule has 1 saturated heterocycles. The number of carbonyl (C=O) groups excluding carboxylic acids is 3. The van der Waals surface area contributed by atoms with Crippen LogP contribution < -0.4 is 5.32 Å². The number of benzene rings is 2. The van der Waals surface area contributed by atoms with Crippen molar-refractivity contribution in [2.45, 2.75) is 63.5 Å². The number of hydrogen-bond donors (Lipinski definition) is 2. The highest BCUT2D eigenvalue weighted by molar-refractivity contribution is 6.04. The van der Waals surface area contributed by atoms with Gasteiger partial charge in [0.05, 0.1) is 12.1 Å². The van der Waals surface area contributed by atoms with E-state index in [9.17, 15) is 19.5 Å². The first kappa shape index (κ1) is 25.4. The van der Waals surface area contributed by atoms with Crippen LogP contribution in [0.4, 0.5) is 0 Å². The molecule has 2 atom stereocenters. The highest BCUT2D eigenvalue weighted by atomic mass is 16.3. The van der Waals surface area contributed by atoms with Gasteiger partial charge in [0.2, 0.25) is 11.8 Å². The highest BCUT2D eigenvalue weighted by Crippen LogP contribution is 2.21. The van der Waals surface area contributed by atoms with E-state index < -0.39 is 6.10 Å². The third kappa shape index (κ3) is 8.27. The Kier molecular flexibility index (Phi) is 10.0. The molecule has 0 unspecified atom stereocenters. The van der Waals surface area contributed by atoms with Gasteiger partial charge in [-0.2, -0.15) is 0 Å². The van der Waals surface area contributed by atoms with Crippen molar-refractivity contribution in [2.24, 2.45) is 0 Å². The quantitative estimate of drug-likeness (QED) is 0.368. The van der Waals surface area contributed by atoms with Crippen molar-refractivity contribution in [3.05, 3.63) is 83.9 Å². The van der Waals surface area contributed by atoms with Crippen molar-refractivity contribution in [3.63, 3.8) is 0 Å². The standard InChI is InChI=1S/C28H34N2O4/c31-25(21-22-11-5-3-6-12-22)18-16-24-17-19-27(33)30(24)20-10-2-1-9-15-26(32)29-28(34)23-13-7-4-8-14-23/h3-8,11-14,16,18,24-25,31H,1-2,9-10,15,17,19-21H2,(H,29,32,34)/b18-16+/t24-,25-/m0/s1. The minimum Gasteiger partial charge on any atom is -0.389 e. The summed E-state index contributed by atoms with van der Waals surface area (Å²) in [5.74, 6) is -0.472. The Morgan fingerprint density at radius 3 is 2.41 bits per heavy atom. The maximum Gasteiger partial charge on any atom is 0.257 e. The third-order valence-corrected chi connectivity index (χ3v) is 6.06. The lowest BCUT2D eigenvalue weighted by Crippen LogP contribution is -2.33. The summed E-state index contributed by atoms with van der Waals surface area (Å²) >= 11 is 0. The van der Waals surface area contributed by atoms with Crippen LogP contribution in [0.2, 0.25) is 0 Å². The Balaban J connectivity index is 1.32. The van der Waals surface area contributed by atoms with Gasteiger partial charge >= 0.3 is 0 Å². The third-order valence-electron chi connectivity index (χ3n) is 6.06. The Labute approximate surface area is 201 Å². The van der Waals surface area contributed by atoms with Gasteiger partial charge < -0.3 is 10.0 Å². The van der Waals surface area contributed by atoms with E-state index in [0.717, 1.165) is 31.2 Å². The molecule has 34 heavy (non-hydrogen) atoms. The van der Waals surface area contributed by atoms with Crippen LogP contribution in [0.5, 0.6) is 0 Å². The average Bonchev–Trinajstić information content (AvgIpc) is 3.20. The van der Waals surface area contributed by atoms with Gasteiger partial charge in [0, 0.05) is 31.4 Å². The van der Waals surface area contributed by atoms with E-state index in [-0.39, 0.29) is 23.8 Å². The monoisotopic (exact) mass is 462 g/mol. The fourth-order valence-electron chi connectivity index (χ4n) is 4.20. The molecule has 1 aliphatic heterocycles. The first-order valence-electron chi connectivity index (χ1n) is 12.1. The molecule has 0 saturated carbocycles. The van der Waals surface area contributed by atoms with Gasteiger partial charge in [-0.1, -0.05) is 73.5 Å². The molecule has 0 spiro atoms. The number of likely N-dealkylation sites (tertiary alicyclic amines) is 1. The van der Waals surface area contributed by atoms with E-state index in [4.69, 9.17) is 0 Å². The number of hydrogen-bond acceptors (Lipinski definition) is 4. The maximum atomic E-state index is 12.3. The first-order chi connectivity index (χ1) is 16.5. The number of nitrogens with one attached hydrogen (secondary N) is 1. The molecule has 2 aromatic rings. The van der Waals surface area contributed by atoms with Crippen LogP contribution in [0, 0.1) is 0 Å². The maximum absolute atomic E-state index is 12.3. The average molecular weight is 463 g/mol. The summed E-state index contributed by atoms with van der Waals surface area (Å²) < 4.78 is 0. The Bertz CT molecular complexity index is 959. The molecule has 3 amide bonds. The number of nitrogens with zero attached hydrogens (tertiary/aromatic N) is 1. The molecule has 2 N–H and O–H groups in total. The predicted octanol–water partition coefficient (Wildman–Crippen LogP) is 4.04. The molecule has 2 aromatic carbocycles. The van der Waals surface area contributed by atoms with E-state index in [1.165, 1.54) is 0 Å². The summed E-state index contributed by atoms with van der Waals surface area (Å²) in [4.78, 5) is 38.2. The summed E-state index contributed by atoms with van der Waals surface area (Å²) in [6.07, 6.45) is 8.74. The number of unbranched alkanes of at least 4 members (excludes halogenated alkanes) is 3. The molecule has 0 aliphatic carbocycles. The zero-order valence-electron chi connectivity index (χ0n) is 19.6. The lowest BCUT2D eigenvalue weighted by molar-refractivity contribution is -0.128. The second kappa shape index (κ2) is 13.5. The number of imide groups is 1. The molecule has 0 radical (unpaired) electrons. The summed E-state index contributed by atoms with van der Waals surface area (Å²) in [6, 6.07) is 18.6. The summed E-state index contributed by atoms with van der Waals surface area (Å²) in [7, 11) is 0. The van der Waals surface area contributed by atoms with Crippen molar-refractivity contribution >= 4 is 17.7 Å². The topological polar surface area (TPSA) is 86.7 Å². The van der Waals surface area contributed by atoms with Crippen LogP contribution >= 0.6 is 0 Å². The molecule has 1 fully saturated rings. The van der Waals surface area contributed by atoms with E-state index in [1.807, 2.05) is 47.4 Å². The van der Waals surface area contributed by atoms with Crippen LogP contribution in [-0.4, -0.2) is 46.4 Å². The molecule has 1 heterocycles. The molecule has 0 bridgehead atoms. The molecule has 6 heteroatoms. The van der Waals surface area contributed by atoms with Crippen LogP contribution in [0.1, 0.15) is 60.9 Å². The van der Waals surface area contributed by atoms with E-state index in [2.05, 4.69) is 5.32 Å². The van der Waals surface area contributed by atoms with Crippen LogP contribution in [-0.2, 0) is 16.0 Å². The normalized spacial score (nSPS) is 16.7. The van der Waals surface area contributed by atoms with E-state index in [0.29, 0.717) is 37.8 Å². The van der Waals surface area contributed by atoms with Crippen LogP contribution in [0.3, 0.4) is 0 Å². The Morgan fingerprint density at radius 1 is 1.00 bits per heavy atom. The van der Waals surface area contributed by atoms with Gasteiger partial charge in [-0.05, 0) is 37.0 Å². The SMILES string of the molecule is O=C(CCCCCCN1C(=O)CC[C@@H]1/C=C/[C@H](O)Cc1ccccc1)NC(=O)c1ccccc1. The zero-order chi connectivity index (χ0) is 24.2. The van der Waals surface area contributed by atoms with Gasteiger partial charge in [0.15, 0.2) is 0 Å². The molecular weight excluding hydrogens is 428 g/mol. The molecule has 1 aliphatic rings. The summed E-state index contributed by atoms with van der Waals surface area (Å²) in [5, 5.41) is 12.7. The van der Waals surface area contributed by atoms with Crippen LogP contribution in [0.25, 0.3) is 0 Å². The Hall–Kier alpha value is -3.25. The lowest BCUT2D eigenvalue weighted by atomic mass is 10.1. The molecule has 180 valence electrons. The molecule has 3 rings (SSSR count). The smallest absolute Gasteiger partial charge is 0.257 e. The fourth-order valence-corrected chi connectivity index (χ4v) is 4.20. The lowest BCUT2D eigenvalue weighted by Gasteiger charge is -2.22. The fraction of sp³-hybridized carbons (Fsp3) is 0.393. The minimum absolute atomic E-state index is 0.0349. The van der Waals surface area contributed by atoms with Crippen molar-refractivity contribution < 1.29 is 19.5 Å². The predicted molar refractivity (Wildman–Crippen MR) is 132 cm³/mol. The number of amides is 3. The van der Waals surface area contributed by atoms with E-state index in [1.54, 1.807) is 30.3 Å². The van der Waals surface area contributed by atoms with Gasteiger partial charge in [0.1, 0.15) is 0 Å². The minimum atomic E-state index is -0.570. The number of carbonyl (C=O) groups is 3. The van der Waals surface area contributed by atoms with Crippen molar-refractivity contribution in [1.82, 2.24) is 10.2 Å². The molecular formula is C28H34N2O4. The number of aliphatic hydroxyl groups excluding tert-OH is 1. The van der Waals surface area contributed by atoms with Gasteiger partial charge in [-0.15, -0.1) is 0 Å². The number of aliphatic hydroxyl groups is 1. The summed E-state index contributed by atoms with van der Waals surface area (Å²) in [6.45, 7) is 0.682. The van der Waals surface area contributed by atoms with E-state index >= 15 is 0 Å². The highest BCUT2D eigenvalue weighted by Gasteiger charge is 2.28. The zero-order valence-corrected chi connectivity index (χ0v) is 19.6. The second-order valence-corrected chi connectivity index (χ2v) is 8.74. The van der Waals surface area contributed by atoms with Gasteiger partial charge in [-0.25, -0.2) is 0 Å². The molecule has 0 aromatic heterocycles. The Morgan fingerprint density at radius 2 is 1.68 bits per heavy atom. The van der Waals surface area contributed by atoms with Crippen molar-refractivity contribution in [1.29, 1.82) is 0 Å². The summed E-state index contributed by atoms with van der Waals surface area (Å²) in [5.41, 5.74) is 1.56. The van der Waals surface area contributed by atoms with Crippen molar-refractivity contribution in [3.8, 4) is 0 Å².